The number of halogens is 1. The monoisotopic (exact) mass is 267 g/mol. The van der Waals surface area contributed by atoms with Crippen molar-refractivity contribution in [1.29, 1.82) is 0 Å². The first-order chi connectivity index (χ1) is 8.58. The molecule has 0 atom stereocenters. The highest BCUT2D eigenvalue weighted by molar-refractivity contribution is 6.30. The van der Waals surface area contributed by atoms with Gasteiger partial charge in [0.05, 0.1) is 6.42 Å². The Bertz CT molecular complexity index is 454. The van der Waals surface area contributed by atoms with Crippen molar-refractivity contribution >= 4 is 23.5 Å². The summed E-state index contributed by atoms with van der Waals surface area (Å²) in [5.74, 6) is -1.00. The summed E-state index contributed by atoms with van der Waals surface area (Å²) in [7, 11) is 0. The molecule has 1 aromatic rings. The van der Waals surface area contributed by atoms with Crippen LogP contribution in [0, 0.1) is 0 Å². The van der Waals surface area contributed by atoms with Crippen LogP contribution >= 0.6 is 11.6 Å². The fraction of sp³-hybridized carbons (Fsp3) is 0.385. The molecule has 0 aromatic heterocycles. The van der Waals surface area contributed by atoms with Gasteiger partial charge in [-0.3, -0.25) is 9.59 Å². The number of hydrogen-bond donors (Lipinski definition) is 1. The molecule has 4 nitrogen and oxygen atoms in total. The van der Waals surface area contributed by atoms with Crippen molar-refractivity contribution in [2.45, 2.75) is 25.3 Å². The van der Waals surface area contributed by atoms with Gasteiger partial charge in [0.2, 0.25) is 0 Å². The predicted octanol–water partition coefficient (Wildman–Crippen LogP) is 2.42. The van der Waals surface area contributed by atoms with E-state index in [-0.39, 0.29) is 24.9 Å². The molecular formula is C13H14ClNO3. The summed E-state index contributed by atoms with van der Waals surface area (Å²) in [5.41, 5.74) is 0.552. The van der Waals surface area contributed by atoms with E-state index < -0.39 is 5.97 Å². The topological polar surface area (TPSA) is 57.6 Å². The first-order valence-electron chi connectivity index (χ1n) is 5.86. The van der Waals surface area contributed by atoms with Gasteiger partial charge in [-0.1, -0.05) is 11.6 Å². The molecule has 1 aliphatic rings. The number of carbonyl (C=O) groups excluding carboxylic acids is 1. The molecular weight excluding hydrogens is 254 g/mol. The summed E-state index contributed by atoms with van der Waals surface area (Å²) in [6, 6.07) is 6.86. The van der Waals surface area contributed by atoms with E-state index in [2.05, 4.69) is 0 Å². The second kappa shape index (κ2) is 5.40. The molecule has 2 rings (SSSR count). The summed E-state index contributed by atoms with van der Waals surface area (Å²) in [6.45, 7) is 0.265. The Morgan fingerprint density at radius 2 is 1.89 bits per heavy atom. The third kappa shape index (κ3) is 3.23. The van der Waals surface area contributed by atoms with E-state index >= 15 is 0 Å². The second-order valence-corrected chi connectivity index (χ2v) is 4.82. The van der Waals surface area contributed by atoms with Crippen LogP contribution in [0.2, 0.25) is 5.02 Å². The molecule has 1 saturated carbocycles. The van der Waals surface area contributed by atoms with Crippen molar-refractivity contribution in [2.24, 2.45) is 0 Å². The molecule has 0 aliphatic heterocycles. The van der Waals surface area contributed by atoms with Gasteiger partial charge in [-0.25, -0.2) is 0 Å². The largest absolute Gasteiger partial charge is 0.481 e. The standard InChI is InChI=1S/C13H14ClNO3/c14-10-3-1-9(2-4-10)13(18)15(11-5-6-11)8-7-12(16)17/h1-4,11H,5-8H2,(H,16,17). The Kier molecular flexibility index (Phi) is 3.87. The van der Waals surface area contributed by atoms with Crippen LogP contribution in [0.1, 0.15) is 29.6 Å². The van der Waals surface area contributed by atoms with Gasteiger partial charge >= 0.3 is 5.97 Å². The number of carbonyl (C=O) groups is 2. The van der Waals surface area contributed by atoms with Crippen LogP contribution in [-0.2, 0) is 4.79 Å². The molecule has 1 N–H and O–H groups in total. The highest BCUT2D eigenvalue weighted by atomic mass is 35.5. The van der Waals surface area contributed by atoms with E-state index in [4.69, 9.17) is 16.7 Å². The summed E-state index contributed by atoms with van der Waals surface area (Å²) in [5, 5.41) is 9.28. The fourth-order valence-corrected chi connectivity index (χ4v) is 1.94. The van der Waals surface area contributed by atoms with E-state index in [0.717, 1.165) is 12.8 Å². The third-order valence-corrected chi connectivity index (χ3v) is 3.16. The number of nitrogens with zero attached hydrogens (tertiary/aromatic N) is 1. The van der Waals surface area contributed by atoms with Crippen LogP contribution in [0.25, 0.3) is 0 Å². The van der Waals surface area contributed by atoms with Crippen LogP contribution in [-0.4, -0.2) is 34.5 Å². The van der Waals surface area contributed by atoms with E-state index in [1.54, 1.807) is 29.2 Å². The first kappa shape index (κ1) is 12.9. The lowest BCUT2D eigenvalue weighted by atomic mass is 10.2. The summed E-state index contributed by atoms with van der Waals surface area (Å²) < 4.78 is 0. The lowest BCUT2D eigenvalue weighted by molar-refractivity contribution is -0.137. The molecule has 5 heteroatoms. The third-order valence-electron chi connectivity index (χ3n) is 2.91. The van der Waals surface area contributed by atoms with Crippen LogP contribution < -0.4 is 0 Å². The minimum atomic E-state index is -0.885. The average Bonchev–Trinajstić information content (AvgIpc) is 3.14. The van der Waals surface area contributed by atoms with Gasteiger partial charge in [0.15, 0.2) is 0 Å². The van der Waals surface area contributed by atoms with Crippen molar-refractivity contribution in [3.05, 3.63) is 34.9 Å². The van der Waals surface area contributed by atoms with Crippen molar-refractivity contribution in [1.82, 2.24) is 4.90 Å². The van der Waals surface area contributed by atoms with Crippen LogP contribution in [0.3, 0.4) is 0 Å². The fourth-order valence-electron chi connectivity index (χ4n) is 1.81. The Balaban J connectivity index is 2.07. The van der Waals surface area contributed by atoms with Gasteiger partial charge < -0.3 is 10.0 Å². The van der Waals surface area contributed by atoms with Gasteiger partial charge in [-0.05, 0) is 37.1 Å². The minimum Gasteiger partial charge on any atom is -0.481 e. The molecule has 1 aromatic carbocycles. The highest BCUT2D eigenvalue weighted by Gasteiger charge is 2.33. The van der Waals surface area contributed by atoms with Gasteiger partial charge in [0.25, 0.3) is 5.91 Å². The number of benzene rings is 1. The maximum absolute atomic E-state index is 12.2. The number of aliphatic carboxylic acids is 1. The van der Waals surface area contributed by atoms with Crippen molar-refractivity contribution in [3.63, 3.8) is 0 Å². The summed E-state index contributed by atoms with van der Waals surface area (Å²) >= 11 is 5.77. The van der Waals surface area contributed by atoms with E-state index in [9.17, 15) is 9.59 Å². The second-order valence-electron chi connectivity index (χ2n) is 4.38. The average molecular weight is 268 g/mol. The zero-order valence-electron chi connectivity index (χ0n) is 9.80. The quantitative estimate of drug-likeness (QED) is 0.891. The summed E-state index contributed by atoms with van der Waals surface area (Å²) in [4.78, 5) is 24.5. The molecule has 0 radical (unpaired) electrons. The molecule has 0 bridgehead atoms. The first-order valence-corrected chi connectivity index (χ1v) is 6.24. The van der Waals surface area contributed by atoms with E-state index in [1.807, 2.05) is 0 Å². The van der Waals surface area contributed by atoms with Crippen LogP contribution in [0.4, 0.5) is 0 Å². The zero-order chi connectivity index (χ0) is 13.1. The summed E-state index contributed by atoms with van der Waals surface area (Å²) in [6.07, 6.45) is 1.90. The molecule has 0 unspecified atom stereocenters. The van der Waals surface area contributed by atoms with E-state index in [0.29, 0.717) is 10.6 Å². The van der Waals surface area contributed by atoms with Gasteiger partial charge in [-0.15, -0.1) is 0 Å². The number of carboxylic acid groups (broad SMARTS) is 1. The molecule has 1 amide bonds. The molecule has 1 aliphatic carbocycles. The zero-order valence-corrected chi connectivity index (χ0v) is 10.6. The molecule has 1 fully saturated rings. The maximum Gasteiger partial charge on any atom is 0.305 e. The molecule has 0 spiro atoms. The van der Waals surface area contributed by atoms with Crippen LogP contribution in [0.5, 0.6) is 0 Å². The SMILES string of the molecule is O=C(O)CCN(C(=O)c1ccc(Cl)cc1)C1CC1. The molecule has 18 heavy (non-hydrogen) atoms. The predicted molar refractivity (Wildman–Crippen MR) is 67.8 cm³/mol. The normalized spacial score (nSPS) is 14.3. The number of hydrogen-bond acceptors (Lipinski definition) is 2. The number of rotatable bonds is 5. The Labute approximate surface area is 110 Å². The molecule has 0 heterocycles. The highest BCUT2D eigenvalue weighted by Crippen LogP contribution is 2.28. The van der Waals surface area contributed by atoms with Crippen molar-refractivity contribution in [2.75, 3.05) is 6.54 Å². The lowest BCUT2D eigenvalue weighted by Gasteiger charge is -2.21. The minimum absolute atomic E-state index is 0.0180. The molecule has 96 valence electrons. The van der Waals surface area contributed by atoms with Crippen LogP contribution in [0.15, 0.2) is 24.3 Å². The number of carboxylic acids is 1. The maximum atomic E-state index is 12.2. The Morgan fingerprint density at radius 1 is 1.28 bits per heavy atom. The Morgan fingerprint density at radius 3 is 2.39 bits per heavy atom. The molecule has 0 saturated heterocycles. The van der Waals surface area contributed by atoms with Crippen molar-refractivity contribution in [3.8, 4) is 0 Å². The van der Waals surface area contributed by atoms with Gasteiger partial charge in [0, 0.05) is 23.2 Å². The van der Waals surface area contributed by atoms with Gasteiger partial charge in [-0.2, -0.15) is 0 Å². The van der Waals surface area contributed by atoms with Gasteiger partial charge in [0.1, 0.15) is 0 Å². The van der Waals surface area contributed by atoms with Crippen molar-refractivity contribution < 1.29 is 14.7 Å². The Hall–Kier alpha value is -1.55. The lowest BCUT2D eigenvalue weighted by Crippen LogP contribution is -2.34. The smallest absolute Gasteiger partial charge is 0.305 e. The number of amides is 1. The van der Waals surface area contributed by atoms with E-state index in [1.165, 1.54) is 0 Å².